The van der Waals surface area contributed by atoms with Crippen LogP contribution in [0.25, 0.3) is 11.3 Å². The van der Waals surface area contributed by atoms with E-state index in [4.69, 9.17) is 9.47 Å². The quantitative estimate of drug-likeness (QED) is 0.570. The first-order valence-electron chi connectivity index (χ1n) is 10.9. The number of methoxy groups -OCH3 is 1. The molecule has 2 aromatic carbocycles. The number of piperazine rings is 1. The van der Waals surface area contributed by atoms with Crippen LogP contribution >= 0.6 is 0 Å². The lowest BCUT2D eigenvalue weighted by Crippen LogP contribution is -2.50. The summed E-state index contributed by atoms with van der Waals surface area (Å²) in [6.45, 7) is 4.88. The Bertz CT molecular complexity index is 1010. The Kier molecular flexibility index (Phi) is 6.84. The van der Waals surface area contributed by atoms with E-state index in [0.29, 0.717) is 26.2 Å². The van der Waals surface area contributed by atoms with Gasteiger partial charge in [0.15, 0.2) is 12.4 Å². The van der Waals surface area contributed by atoms with Crippen molar-refractivity contribution in [3.05, 3.63) is 66.2 Å². The molecular weight excluding hydrogens is 404 g/mol. The van der Waals surface area contributed by atoms with Crippen molar-refractivity contribution < 1.29 is 14.3 Å². The normalized spacial score (nSPS) is 13.7. The standard InChI is InChI=1S/C25H28N4O3/c1-3-19-4-8-22(9-5-19)32-18-25(30)29-16-14-28(15-17-29)24-13-12-23(26-27-24)20-6-10-21(31-2)11-7-20/h4-13H,3,14-18H2,1-2H3. The molecule has 1 aliphatic rings. The lowest BCUT2D eigenvalue weighted by atomic mass is 10.1. The second kappa shape index (κ2) is 10.1. The van der Waals surface area contributed by atoms with Gasteiger partial charge in [0.05, 0.1) is 12.8 Å². The molecule has 7 heteroatoms. The number of carbonyl (C=O) groups is 1. The molecule has 1 aromatic heterocycles. The van der Waals surface area contributed by atoms with Crippen molar-refractivity contribution in [2.24, 2.45) is 0 Å². The van der Waals surface area contributed by atoms with Crippen molar-refractivity contribution in [2.75, 3.05) is 44.8 Å². The van der Waals surface area contributed by atoms with Gasteiger partial charge in [0.2, 0.25) is 0 Å². The number of nitrogens with zero attached hydrogens (tertiary/aromatic N) is 4. The van der Waals surface area contributed by atoms with Gasteiger partial charge in [0, 0.05) is 31.7 Å². The highest BCUT2D eigenvalue weighted by molar-refractivity contribution is 5.78. The number of benzene rings is 2. The SMILES string of the molecule is CCc1ccc(OCC(=O)N2CCN(c3ccc(-c4ccc(OC)cc4)nn3)CC2)cc1. The third kappa shape index (κ3) is 5.17. The van der Waals surface area contributed by atoms with Crippen LogP contribution in [-0.2, 0) is 11.2 Å². The second-order valence-corrected chi connectivity index (χ2v) is 7.66. The molecule has 0 aliphatic carbocycles. The number of anilines is 1. The highest BCUT2D eigenvalue weighted by Gasteiger charge is 2.22. The molecule has 1 aliphatic heterocycles. The molecule has 4 rings (SSSR count). The van der Waals surface area contributed by atoms with Gasteiger partial charge in [-0.25, -0.2) is 0 Å². The van der Waals surface area contributed by atoms with E-state index >= 15 is 0 Å². The smallest absolute Gasteiger partial charge is 0.260 e. The van der Waals surface area contributed by atoms with Gasteiger partial charge in [-0.2, -0.15) is 0 Å². The summed E-state index contributed by atoms with van der Waals surface area (Å²) in [5, 5.41) is 8.77. The van der Waals surface area contributed by atoms with Gasteiger partial charge in [0.25, 0.3) is 5.91 Å². The minimum Gasteiger partial charge on any atom is -0.497 e. The maximum absolute atomic E-state index is 12.5. The monoisotopic (exact) mass is 432 g/mol. The fourth-order valence-corrected chi connectivity index (χ4v) is 3.65. The predicted molar refractivity (Wildman–Crippen MR) is 124 cm³/mol. The van der Waals surface area contributed by atoms with Gasteiger partial charge in [-0.1, -0.05) is 19.1 Å². The third-order valence-electron chi connectivity index (χ3n) is 5.69. The summed E-state index contributed by atoms with van der Waals surface area (Å²) >= 11 is 0. The van der Waals surface area contributed by atoms with E-state index in [-0.39, 0.29) is 12.5 Å². The summed E-state index contributed by atoms with van der Waals surface area (Å²) in [5.41, 5.74) is 3.05. The van der Waals surface area contributed by atoms with Crippen molar-refractivity contribution >= 4 is 11.7 Å². The Morgan fingerprint density at radius 2 is 1.56 bits per heavy atom. The lowest BCUT2D eigenvalue weighted by Gasteiger charge is -2.35. The molecule has 32 heavy (non-hydrogen) atoms. The molecule has 3 aromatic rings. The Morgan fingerprint density at radius 1 is 0.875 bits per heavy atom. The van der Waals surface area contributed by atoms with Gasteiger partial charge < -0.3 is 19.3 Å². The molecule has 0 spiro atoms. The van der Waals surface area contributed by atoms with Crippen LogP contribution in [0.5, 0.6) is 11.5 Å². The zero-order valence-electron chi connectivity index (χ0n) is 18.5. The van der Waals surface area contributed by atoms with Gasteiger partial charge in [-0.3, -0.25) is 4.79 Å². The Hall–Kier alpha value is -3.61. The number of carbonyl (C=O) groups excluding carboxylic acids is 1. The number of rotatable bonds is 7. The van der Waals surface area contributed by atoms with E-state index in [1.165, 1.54) is 5.56 Å². The van der Waals surface area contributed by atoms with Crippen molar-refractivity contribution in [3.63, 3.8) is 0 Å². The number of aromatic nitrogens is 2. The predicted octanol–water partition coefficient (Wildman–Crippen LogP) is 3.44. The number of amides is 1. The van der Waals surface area contributed by atoms with Crippen molar-refractivity contribution in [1.29, 1.82) is 0 Å². The first kappa shape index (κ1) is 21.6. The first-order chi connectivity index (χ1) is 15.7. The van der Waals surface area contributed by atoms with E-state index in [9.17, 15) is 4.79 Å². The van der Waals surface area contributed by atoms with E-state index in [0.717, 1.165) is 35.0 Å². The summed E-state index contributed by atoms with van der Waals surface area (Å²) in [6.07, 6.45) is 0.984. The summed E-state index contributed by atoms with van der Waals surface area (Å²) < 4.78 is 10.9. The molecule has 2 heterocycles. The van der Waals surface area contributed by atoms with Crippen molar-refractivity contribution in [1.82, 2.24) is 15.1 Å². The van der Waals surface area contributed by atoms with Crippen LogP contribution < -0.4 is 14.4 Å². The van der Waals surface area contributed by atoms with Gasteiger partial charge in [0.1, 0.15) is 11.5 Å². The molecule has 0 N–H and O–H groups in total. The first-order valence-corrected chi connectivity index (χ1v) is 10.9. The van der Waals surface area contributed by atoms with Crippen LogP contribution in [0.1, 0.15) is 12.5 Å². The minimum absolute atomic E-state index is 0.00477. The Morgan fingerprint density at radius 3 is 2.16 bits per heavy atom. The number of aryl methyl sites for hydroxylation is 1. The van der Waals surface area contributed by atoms with E-state index in [2.05, 4.69) is 22.0 Å². The molecule has 7 nitrogen and oxygen atoms in total. The highest BCUT2D eigenvalue weighted by atomic mass is 16.5. The van der Waals surface area contributed by atoms with Gasteiger partial charge in [-0.05, 0) is 60.5 Å². The molecule has 166 valence electrons. The van der Waals surface area contributed by atoms with Crippen molar-refractivity contribution in [2.45, 2.75) is 13.3 Å². The third-order valence-corrected chi connectivity index (χ3v) is 5.69. The lowest BCUT2D eigenvalue weighted by molar-refractivity contribution is -0.133. The van der Waals surface area contributed by atoms with Crippen LogP contribution in [0.15, 0.2) is 60.7 Å². The molecule has 0 unspecified atom stereocenters. The summed E-state index contributed by atoms with van der Waals surface area (Å²) in [6, 6.07) is 19.6. The average Bonchev–Trinajstić information content (AvgIpc) is 2.88. The second-order valence-electron chi connectivity index (χ2n) is 7.66. The highest BCUT2D eigenvalue weighted by Crippen LogP contribution is 2.22. The van der Waals surface area contributed by atoms with Crippen LogP contribution in [0.3, 0.4) is 0 Å². The van der Waals surface area contributed by atoms with Crippen LogP contribution in [0, 0.1) is 0 Å². The maximum atomic E-state index is 12.5. The van der Waals surface area contributed by atoms with E-state index in [1.54, 1.807) is 7.11 Å². The number of ether oxygens (including phenoxy) is 2. The van der Waals surface area contributed by atoms with Crippen molar-refractivity contribution in [3.8, 4) is 22.8 Å². The van der Waals surface area contributed by atoms with E-state index < -0.39 is 0 Å². The zero-order chi connectivity index (χ0) is 22.3. The molecule has 0 atom stereocenters. The summed E-state index contributed by atoms with van der Waals surface area (Å²) in [5.74, 6) is 2.36. The molecule has 0 bridgehead atoms. The van der Waals surface area contributed by atoms with Gasteiger partial charge in [-0.15, -0.1) is 10.2 Å². The Labute approximate surface area is 188 Å². The fraction of sp³-hybridized carbons (Fsp3) is 0.320. The summed E-state index contributed by atoms with van der Waals surface area (Å²) in [7, 11) is 1.65. The Balaban J connectivity index is 1.27. The van der Waals surface area contributed by atoms with Crippen LogP contribution in [-0.4, -0.2) is 60.9 Å². The largest absolute Gasteiger partial charge is 0.497 e. The minimum atomic E-state index is 0.00477. The molecular formula is C25H28N4O3. The van der Waals surface area contributed by atoms with E-state index in [1.807, 2.05) is 65.6 Å². The number of hydrogen-bond acceptors (Lipinski definition) is 6. The molecule has 0 saturated carbocycles. The molecule has 0 radical (unpaired) electrons. The summed E-state index contributed by atoms with van der Waals surface area (Å²) in [4.78, 5) is 16.5. The molecule has 1 fully saturated rings. The maximum Gasteiger partial charge on any atom is 0.260 e. The molecule has 1 amide bonds. The van der Waals surface area contributed by atoms with Gasteiger partial charge >= 0.3 is 0 Å². The average molecular weight is 433 g/mol. The topological polar surface area (TPSA) is 67.8 Å². The van der Waals surface area contributed by atoms with Crippen LogP contribution in [0.4, 0.5) is 5.82 Å². The van der Waals surface area contributed by atoms with Crippen LogP contribution in [0.2, 0.25) is 0 Å². The molecule has 1 saturated heterocycles. The fourth-order valence-electron chi connectivity index (χ4n) is 3.65. The zero-order valence-corrected chi connectivity index (χ0v) is 18.5. The number of hydrogen-bond donors (Lipinski definition) is 0.